The van der Waals surface area contributed by atoms with Gasteiger partial charge in [0.25, 0.3) is 0 Å². The summed E-state index contributed by atoms with van der Waals surface area (Å²) in [4.78, 5) is 37.4. The number of benzene rings is 2. The highest BCUT2D eigenvalue weighted by molar-refractivity contribution is 5.92. The summed E-state index contributed by atoms with van der Waals surface area (Å²) >= 11 is 0. The molecule has 0 fully saturated rings. The van der Waals surface area contributed by atoms with Gasteiger partial charge >= 0.3 is 11.1 Å². The molecule has 0 atom stereocenters. The number of aromatic nitrogens is 2. The van der Waals surface area contributed by atoms with Crippen LogP contribution in [0.5, 0.6) is 17.2 Å². The van der Waals surface area contributed by atoms with Crippen LogP contribution in [0.3, 0.4) is 0 Å². The Morgan fingerprint density at radius 2 is 1.63 bits per heavy atom. The lowest BCUT2D eigenvalue weighted by Gasteiger charge is -2.13. The molecule has 0 bridgehead atoms. The fraction of sp³-hybridized carbons (Fsp3) is 0.190. The van der Waals surface area contributed by atoms with Crippen LogP contribution in [0.4, 0.5) is 5.69 Å². The van der Waals surface area contributed by atoms with Crippen molar-refractivity contribution < 1.29 is 19.0 Å². The molecule has 0 aliphatic heterocycles. The van der Waals surface area contributed by atoms with E-state index in [0.717, 1.165) is 4.57 Å². The Balaban J connectivity index is 1.82. The number of carbonyl (C=O) groups excluding carboxylic acids is 1. The third-order valence-corrected chi connectivity index (χ3v) is 4.39. The Hall–Kier alpha value is -4.01. The second-order valence-electron chi connectivity index (χ2n) is 6.22. The predicted octanol–water partition coefficient (Wildman–Crippen LogP) is 1.66. The number of nitrogens with one attached hydrogen (secondary N) is 1. The lowest BCUT2D eigenvalue weighted by molar-refractivity contribution is -0.116. The number of anilines is 1. The number of rotatable bonds is 7. The molecular weight excluding hydrogens is 390 g/mol. The maximum atomic E-state index is 12.5. The van der Waals surface area contributed by atoms with Crippen molar-refractivity contribution in [1.29, 1.82) is 0 Å². The zero-order valence-electron chi connectivity index (χ0n) is 16.7. The second kappa shape index (κ2) is 8.99. The van der Waals surface area contributed by atoms with Crippen LogP contribution in [-0.2, 0) is 11.3 Å². The van der Waals surface area contributed by atoms with Gasteiger partial charge in [-0.1, -0.05) is 6.07 Å². The molecule has 0 saturated carbocycles. The summed E-state index contributed by atoms with van der Waals surface area (Å²) in [6.45, 7) is -0.331. The summed E-state index contributed by atoms with van der Waals surface area (Å²) in [5.74, 6) is 1.04. The molecule has 3 rings (SSSR count). The topological polar surface area (TPSA) is 101 Å². The first kappa shape index (κ1) is 20.7. The van der Waals surface area contributed by atoms with Gasteiger partial charge in [-0.05, 0) is 24.3 Å². The maximum Gasteiger partial charge on any atom is 0.320 e. The quantitative estimate of drug-likeness (QED) is 0.594. The SMILES string of the molecule is COc1cccc(-n2ccn(CC(=O)Nc3ccc(OC)cc3OC)c(=O)c2=O)c1. The van der Waals surface area contributed by atoms with Crippen molar-refractivity contribution in [2.45, 2.75) is 6.54 Å². The normalized spacial score (nSPS) is 10.4. The third-order valence-electron chi connectivity index (χ3n) is 4.39. The number of carbonyl (C=O) groups is 1. The largest absolute Gasteiger partial charge is 0.497 e. The predicted molar refractivity (Wildman–Crippen MR) is 111 cm³/mol. The molecular formula is C21H21N3O6. The molecule has 0 aliphatic rings. The zero-order chi connectivity index (χ0) is 21.7. The Morgan fingerprint density at radius 1 is 0.900 bits per heavy atom. The highest BCUT2D eigenvalue weighted by Crippen LogP contribution is 2.28. The molecule has 0 saturated heterocycles. The molecule has 0 unspecified atom stereocenters. The molecule has 9 heteroatoms. The average molecular weight is 411 g/mol. The average Bonchev–Trinajstić information content (AvgIpc) is 2.77. The summed E-state index contributed by atoms with van der Waals surface area (Å²) in [5, 5.41) is 2.66. The Kier molecular flexibility index (Phi) is 6.21. The van der Waals surface area contributed by atoms with E-state index in [2.05, 4.69) is 5.32 Å². The van der Waals surface area contributed by atoms with Crippen molar-refractivity contribution in [3.8, 4) is 22.9 Å². The van der Waals surface area contributed by atoms with Gasteiger partial charge in [-0.3, -0.25) is 23.5 Å². The van der Waals surface area contributed by atoms with E-state index in [1.807, 2.05) is 0 Å². The number of ether oxygens (including phenoxy) is 3. The number of hydrogen-bond acceptors (Lipinski definition) is 6. The van der Waals surface area contributed by atoms with Gasteiger partial charge in [0.15, 0.2) is 0 Å². The minimum absolute atomic E-state index is 0.331. The van der Waals surface area contributed by atoms with E-state index in [9.17, 15) is 14.4 Å². The van der Waals surface area contributed by atoms with Gasteiger partial charge in [0.2, 0.25) is 5.91 Å². The van der Waals surface area contributed by atoms with E-state index in [1.165, 1.54) is 38.3 Å². The molecule has 30 heavy (non-hydrogen) atoms. The van der Waals surface area contributed by atoms with Gasteiger partial charge in [0.05, 0.1) is 32.7 Å². The van der Waals surface area contributed by atoms with Crippen molar-refractivity contribution >= 4 is 11.6 Å². The molecule has 2 aromatic carbocycles. The van der Waals surface area contributed by atoms with Crippen LogP contribution in [0, 0.1) is 0 Å². The summed E-state index contributed by atoms with van der Waals surface area (Å²) in [6, 6.07) is 11.7. The van der Waals surface area contributed by atoms with Crippen molar-refractivity contribution in [3.05, 3.63) is 75.6 Å². The van der Waals surface area contributed by atoms with Crippen LogP contribution >= 0.6 is 0 Å². The Morgan fingerprint density at radius 3 is 2.33 bits per heavy atom. The van der Waals surface area contributed by atoms with E-state index >= 15 is 0 Å². The number of nitrogens with zero attached hydrogens (tertiary/aromatic N) is 2. The molecule has 3 aromatic rings. The van der Waals surface area contributed by atoms with E-state index in [1.54, 1.807) is 42.5 Å². The smallest absolute Gasteiger partial charge is 0.320 e. The summed E-state index contributed by atoms with van der Waals surface area (Å²) in [6.07, 6.45) is 2.81. The van der Waals surface area contributed by atoms with Crippen molar-refractivity contribution in [2.75, 3.05) is 26.6 Å². The number of hydrogen-bond donors (Lipinski definition) is 1. The lowest BCUT2D eigenvalue weighted by atomic mass is 10.2. The number of amides is 1. The van der Waals surface area contributed by atoms with E-state index in [4.69, 9.17) is 14.2 Å². The van der Waals surface area contributed by atoms with Crippen LogP contribution in [-0.4, -0.2) is 36.4 Å². The van der Waals surface area contributed by atoms with Gasteiger partial charge in [-0.25, -0.2) is 0 Å². The number of methoxy groups -OCH3 is 3. The molecule has 0 spiro atoms. The molecule has 156 valence electrons. The molecule has 0 aliphatic carbocycles. The lowest BCUT2D eigenvalue weighted by Crippen LogP contribution is -2.41. The third kappa shape index (κ3) is 4.35. The molecule has 1 aromatic heterocycles. The van der Waals surface area contributed by atoms with Gasteiger partial charge < -0.3 is 19.5 Å². The maximum absolute atomic E-state index is 12.5. The first-order valence-electron chi connectivity index (χ1n) is 8.95. The van der Waals surface area contributed by atoms with Gasteiger partial charge in [0.1, 0.15) is 23.8 Å². The Labute approximate surface area is 172 Å². The highest BCUT2D eigenvalue weighted by atomic mass is 16.5. The fourth-order valence-corrected chi connectivity index (χ4v) is 2.84. The van der Waals surface area contributed by atoms with Gasteiger partial charge in [-0.2, -0.15) is 0 Å². The first-order chi connectivity index (χ1) is 14.5. The van der Waals surface area contributed by atoms with Crippen LogP contribution in [0.2, 0.25) is 0 Å². The molecule has 1 heterocycles. The Bertz CT molecular complexity index is 1180. The molecule has 1 amide bonds. The van der Waals surface area contributed by atoms with Crippen LogP contribution in [0.15, 0.2) is 64.4 Å². The van der Waals surface area contributed by atoms with Gasteiger partial charge in [-0.15, -0.1) is 0 Å². The van der Waals surface area contributed by atoms with E-state index < -0.39 is 17.0 Å². The van der Waals surface area contributed by atoms with Crippen molar-refractivity contribution in [3.63, 3.8) is 0 Å². The minimum atomic E-state index is -0.822. The minimum Gasteiger partial charge on any atom is -0.497 e. The molecule has 9 nitrogen and oxygen atoms in total. The molecule has 0 radical (unpaired) electrons. The van der Waals surface area contributed by atoms with Crippen LogP contribution in [0.1, 0.15) is 0 Å². The zero-order valence-corrected chi connectivity index (χ0v) is 16.7. The monoisotopic (exact) mass is 411 g/mol. The van der Waals surface area contributed by atoms with E-state index in [-0.39, 0.29) is 6.54 Å². The van der Waals surface area contributed by atoms with E-state index in [0.29, 0.717) is 28.6 Å². The standard InChI is InChI=1S/C21H21N3O6/c1-28-15-6-4-5-14(11-15)24-10-9-23(20(26)21(24)27)13-19(25)22-17-8-7-16(29-2)12-18(17)30-3/h4-12H,13H2,1-3H3,(H,22,25). The highest BCUT2D eigenvalue weighted by Gasteiger charge is 2.13. The second-order valence-corrected chi connectivity index (χ2v) is 6.22. The summed E-state index contributed by atoms with van der Waals surface area (Å²) in [7, 11) is 4.50. The van der Waals surface area contributed by atoms with Crippen LogP contribution < -0.4 is 30.6 Å². The first-order valence-corrected chi connectivity index (χ1v) is 8.95. The van der Waals surface area contributed by atoms with Crippen LogP contribution in [0.25, 0.3) is 5.69 Å². The molecule has 1 N–H and O–H groups in total. The summed E-state index contributed by atoms with van der Waals surface area (Å²) in [5.41, 5.74) is -0.699. The van der Waals surface area contributed by atoms with Crippen molar-refractivity contribution in [1.82, 2.24) is 9.13 Å². The van der Waals surface area contributed by atoms with Crippen molar-refractivity contribution in [2.24, 2.45) is 0 Å². The summed E-state index contributed by atoms with van der Waals surface area (Å²) < 4.78 is 17.7. The van der Waals surface area contributed by atoms with Gasteiger partial charge in [0, 0.05) is 24.5 Å². The fourth-order valence-electron chi connectivity index (χ4n) is 2.84.